The molecule has 0 fully saturated rings. The van der Waals surface area contributed by atoms with E-state index in [4.69, 9.17) is 10.8 Å². The third-order valence-electron chi connectivity index (χ3n) is 1.74. The van der Waals surface area contributed by atoms with E-state index in [0.717, 1.165) is 11.3 Å². The topological polar surface area (TPSA) is 59.1 Å². The number of anilines is 1. The molecule has 13 heavy (non-hydrogen) atoms. The van der Waals surface area contributed by atoms with Crippen LogP contribution < -0.4 is 5.73 Å². The quantitative estimate of drug-likeness (QED) is 0.734. The van der Waals surface area contributed by atoms with Crippen LogP contribution in [0.4, 0.5) is 5.69 Å². The zero-order valence-electron chi connectivity index (χ0n) is 7.70. The summed E-state index contributed by atoms with van der Waals surface area (Å²) in [4.78, 5) is 4.12. The van der Waals surface area contributed by atoms with Crippen LogP contribution in [0, 0.1) is 6.92 Å². The van der Waals surface area contributed by atoms with Gasteiger partial charge in [-0.25, -0.2) is 0 Å². The molecule has 0 aliphatic carbocycles. The summed E-state index contributed by atoms with van der Waals surface area (Å²) in [5.74, 6) is 0. The van der Waals surface area contributed by atoms with Gasteiger partial charge in [0.1, 0.15) is 0 Å². The first-order valence-corrected chi connectivity index (χ1v) is 4.23. The molecule has 0 unspecified atom stereocenters. The third-order valence-corrected chi connectivity index (χ3v) is 1.74. The van der Waals surface area contributed by atoms with Crippen LogP contribution in [0.2, 0.25) is 0 Å². The van der Waals surface area contributed by atoms with E-state index in [-0.39, 0.29) is 6.61 Å². The Balaban J connectivity index is 2.81. The van der Waals surface area contributed by atoms with E-state index in [1.807, 2.05) is 25.1 Å². The first-order valence-electron chi connectivity index (χ1n) is 4.23. The normalized spacial score (nSPS) is 10.9. The molecule has 1 aromatic heterocycles. The fraction of sp³-hybridized carbons (Fsp3) is 0.300. The van der Waals surface area contributed by atoms with Crippen LogP contribution in [0.5, 0.6) is 0 Å². The maximum absolute atomic E-state index is 8.58. The summed E-state index contributed by atoms with van der Waals surface area (Å²) in [6.45, 7) is 2.10. The molecule has 0 amide bonds. The second kappa shape index (κ2) is 4.62. The minimum absolute atomic E-state index is 0.172. The molecule has 1 rings (SSSR count). The molecular formula is C10H14N2O. The number of nitrogen functional groups attached to an aromatic ring is 1. The molecule has 3 heteroatoms. The Hall–Kier alpha value is -1.35. The van der Waals surface area contributed by atoms with E-state index in [9.17, 15) is 0 Å². The van der Waals surface area contributed by atoms with Crippen LogP contribution >= 0.6 is 0 Å². The fourth-order valence-electron chi connectivity index (χ4n) is 1.02. The lowest BCUT2D eigenvalue weighted by Crippen LogP contribution is -1.91. The summed E-state index contributed by atoms with van der Waals surface area (Å²) < 4.78 is 0. The van der Waals surface area contributed by atoms with E-state index in [0.29, 0.717) is 12.1 Å². The molecule has 0 bridgehead atoms. The van der Waals surface area contributed by atoms with E-state index >= 15 is 0 Å². The smallest absolute Gasteiger partial charge is 0.0506 e. The summed E-state index contributed by atoms with van der Waals surface area (Å²) in [6.07, 6.45) is 6.13. The van der Waals surface area contributed by atoms with Crippen LogP contribution in [-0.4, -0.2) is 16.7 Å². The van der Waals surface area contributed by atoms with Gasteiger partial charge in [0, 0.05) is 12.3 Å². The highest BCUT2D eigenvalue weighted by Crippen LogP contribution is 2.11. The number of nitrogens with zero attached hydrogens (tertiary/aromatic N) is 1. The highest BCUT2D eigenvalue weighted by Gasteiger charge is 1.94. The Labute approximate surface area is 77.9 Å². The van der Waals surface area contributed by atoms with Crippen LogP contribution in [0.25, 0.3) is 6.08 Å². The number of aliphatic hydroxyl groups is 1. The minimum Gasteiger partial charge on any atom is -0.397 e. The van der Waals surface area contributed by atoms with Crippen molar-refractivity contribution in [3.05, 3.63) is 29.6 Å². The van der Waals surface area contributed by atoms with E-state index < -0.39 is 0 Å². The molecule has 0 aliphatic heterocycles. The summed E-state index contributed by atoms with van der Waals surface area (Å²) in [5, 5.41) is 8.58. The second-order valence-electron chi connectivity index (χ2n) is 2.86. The number of aryl methyl sites for hydroxylation is 1. The molecule has 0 aliphatic rings. The van der Waals surface area contributed by atoms with Gasteiger partial charge in [0.05, 0.1) is 11.9 Å². The van der Waals surface area contributed by atoms with Crippen molar-refractivity contribution in [2.24, 2.45) is 0 Å². The number of nitrogens with two attached hydrogens (primary N) is 1. The second-order valence-corrected chi connectivity index (χ2v) is 2.86. The van der Waals surface area contributed by atoms with Crippen molar-refractivity contribution < 1.29 is 5.11 Å². The third kappa shape index (κ3) is 2.87. The number of pyridine rings is 1. The van der Waals surface area contributed by atoms with Gasteiger partial charge in [0.15, 0.2) is 0 Å². The van der Waals surface area contributed by atoms with Gasteiger partial charge >= 0.3 is 0 Å². The van der Waals surface area contributed by atoms with Crippen LogP contribution in [0.3, 0.4) is 0 Å². The van der Waals surface area contributed by atoms with Crippen molar-refractivity contribution in [3.63, 3.8) is 0 Å². The van der Waals surface area contributed by atoms with Crippen molar-refractivity contribution >= 4 is 11.8 Å². The van der Waals surface area contributed by atoms with E-state index in [1.165, 1.54) is 0 Å². The van der Waals surface area contributed by atoms with Gasteiger partial charge in [-0.2, -0.15) is 0 Å². The van der Waals surface area contributed by atoms with Crippen LogP contribution in [0.15, 0.2) is 18.3 Å². The highest BCUT2D eigenvalue weighted by atomic mass is 16.2. The number of rotatable bonds is 3. The van der Waals surface area contributed by atoms with Gasteiger partial charge in [-0.3, -0.25) is 4.98 Å². The van der Waals surface area contributed by atoms with Crippen molar-refractivity contribution in [2.75, 3.05) is 12.3 Å². The predicted molar refractivity (Wildman–Crippen MR) is 54.1 cm³/mol. The highest BCUT2D eigenvalue weighted by molar-refractivity contribution is 5.56. The Morgan fingerprint density at radius 1 is 1.62 bits per heavy atom. The molecule has 70 valence electrons. The standard InChI is InChI=1S/C10H14N2O/c1-8-9(4-2-3-5-13)6-10(11)7-12-8/h2,4,6-7,13H,3,5,11H2,1H3. The molecule has 3 nitrogen and oxygen atoms in total. The summed E-state index contributed by atoms with van der Waals surface area (Å²) in [7, 11) is 0. The Morgan fingerprint density at radius 2 is 2.38 bits per heavy atom. The fourth-order valence-corrected chi connectivity index (χ4v) is 1.02. The molecule has 1 aromatic rings. The first kappa shape index (κ1) is 9.74. The zero-order valence-corrected chi connectivity index (χ0v) is 7.70. The molecule has 0 saturated carbocycles. The lowest BCUT2D eigenvalue weighted by Gasteiger charge is -2.00. The average molecular weight is 178 g/mol. The number of aromatic nitrogens is 1. The van der Waals surface area contributed by atoms with E-state index in [1.54, 1.807) is 6.20 Å². The van der Waals surface area contributed by atoms with Crippen molar-refractivity contribution in [2.45, 2.75) is 13.3 Å². The molecule has 1 heterocycles. The van der Waals surface area contributed by atoms with E-state index in [2.05, 4.69) is 4.98 Å². The van der Waals surface area contributed by atoms with Crippen molar-refractivity contribution in [3.8, 4) is 0 Å². The molecule has 0 radical (unpaired) electrons. The maximum atomic E-state index is 8.58. The number of aliphatic hydroxyl groups excluding tert-OH is 1. The van der Waals surface area contributed by atoms with Gasteiger partial charge in [-0.15, -0.1) is 0 Å². The number of hydrogen-bond acceptors (Lipinski definition) is 3. The molecule has 0 atom stereocenters. The molecule has 0 aromatic carbocycles. The van der Waals surface area contributed by atoms with Crippen molar-refractivity contribution in [1.82, 2.24) is 4.98 Å². The Morgan fingerprint density at radius 3 is 3.08 bits per heavy atom. The maximum Gasteiger partial charge on any atom is 0.0506 e. The largest absolute Gasteiger partial charge is 0.397 e. The van der Waals surface area contributed by atoms with Gasteiger partial charge in [0.2, 0.25) is 0 Å². The minimum atomic E-state index is 0.172. The summed E-state index contributed by atoms with van der Waals surface area (Å²) >= 11 is 0. The monoisotopic (exact) mass is 178 g/mol. The zero-order chi connectivity index (χ0) is 9.68. The lowest BCUT2D eigenvalue weighted by molar-refractivity contribution is 0.303. The SMILES string of the molecule is Cc1ncc(N)cc1C=CCCO. The van der Waals surface area contributed by atoms with Crippen molar-refractivity contribution in [1.29, 1.82) is 0 Å². The molecule has 0 saturated heterocycles. The van der Waals surface area contributed by atoms with Gasteiger partial charge in [-0.05, 0) is 25.0 Å². The van der Waals surface area contributed by atoms with Crippen LogP contribution in [0.1, 0.15) is 17.7 Å². The molecular weight excluding hydrogens is 164 g/mol. The predicted octanol–water partition coefficient (Wildman–Crippen LogP) is 1.37. The Bertz CT molecular complexity index is 308. The number of hydrogen-bond donors (Lipinski definition) is 2. The molecule has 3 N–H and O–H groups in total. The Kier molecular flexibility index (Phi) is 3.46. The lowest BCUT2D eigenvalue weighted by atomic mass is 10.1. The molecule has 0 spiro atoms. The van der Waals surface area contributed by atoms with Gasteiger partial charge < -0.3 is 10.8 Å². The first-order chi connectivity index (χ1) is 6.24. The summed E-state index contributed by atoms with van der Waals surface area (Å²) in [5.41, 5.74) is 8.20. The summed E-state index contributed by atoms with van der Waals surface area (Å²) in [6, 6.07) is 1.87. The van der Waals surface area contributed by atoms with Gasteiger partial charge in [-0.1, -0.05) is 12.2 Å². The van der Waals surface area contributed by atoms with Gasteiger partial charge in [0.25, 0.3) is 0 Å². The average Bonchev–Trinajstić information content (AvgIpc) is 2.11. The van der Waals surface area contributed by atoms with Crippen LogP contribution in [-0.2, 0) is 0 Å².